The number of carbonyl (C=O) groups is 1. The number of aromatic nitrogens is 4. The molecule has 3 atom stereocenters. The minimum Gasteiger partial charge on any atom is -0.313 e. The smallest absolute Gasteiger partial charge is 0.231 e. The van der Waals surface area contributed by atoms with E-state index in [0.29, 0.717) is 39.1 Å². The lowest BCUT2D eigenvalue weighted by Crippen LogP contribution is -2.15. The highest BCUT2D eigenvalue weighted by molar-refractivity contribution is 6.35. The zero-order valence-electron chi connectivity index (χ0n) is 16.7. The number of H-pyrrole nitrogens is 1. The number of aromatic amines is 1. The van der Waals surface area contributed by atoms with E-state index in [4.69, 9.17) is 11.6 Å². The van der Waals surface area contributed by atoms with Crippen LogP contribution in [0.2, 0.25) is 5.02 Å². The lowest BCUT2D eigenvalue weighted by Gasteiger charge is -2.17. The number of rotatable bonds is 5. The number of hydrogen-bond donors (Lipinski definition) is 3. The van der Waals surface area contributed by atoms with E-state index < -0.39 is 17.9 Å². The Hall–Kier alpha value is -3.04. The summed E-state index contributed by atoms with van der Waals surface area (Å²) in [6.45, 7) is 1.84. The standard InChI is InChI=1S/C21H19ClF2N6O/c1-9(25-2)16-19(24)18(22)17(12-6-26-29-20(12)16)10-3-4-15-27-14(8-30(15)7-10)28-21(31)11-5-13(11)23/h3-4,6-9,11,13,25H,5H2,1-2H3,(H,26,29)(H,28,31)/t9?,11-,13+/m1/s1. The Morgan fingerprint density at radius 3 is 2.87 bits per heavy atom. The van der Waals surface area contributed by atoms with Crippen molar-refractivity contribution in [3.8, 4) is 11.1 Å². The largest absolute Gasteiger partial charge is 0.313 e. The van der Waals surface area contributed by atoms with Crippen LogP contribution < -0.4 is 10.6 Å². The third-order valence-electron chi connectivity index (χ3n) is 5.73. The molecule has 0 spiro atoms. The van der Waals surface area contributed by atoms with E-state index in [2.05, 4.69) is 25.8 Å². The van der Waals surface area contributed by atoms with E-state index in [1.54, 1.807) is 42.2 Å². The zero-order chi connectivity index (χ0) is 21.9. The van der Waals surface area contributed by atoms with Crippen LogP contribution in [0.25, 0.3) is 27.7 Å². The van der Waals surface area contributed by atoms with Crippen molar-refractivity contribution < 1.29 is 13.6 Å². The number of halogens is 3. The van der Waals surface area contributed by atoms with Crippen molar-refractivity contribution in [1.82, 2.24) is 24.9 Å². The third kappa shape index (κ3) is 3.24. The molecule has 3 aromatic heterocycles. The van der Waals surface area contributed by atoms with E-state index in [1.807, 2.05) is 6.92 Å². The molecule has 31 heavy (non-hydrogen) atoms. The summed E-state index contributed by atoms with van der Waals surface area (Å²) in [6, 6.07) is 3.25. The first-order valence-corrected chi connectivity index (χ1v) is 10.2. The predicted octanol–water partition coefficient (Wildman–Crippen LogP) is 4.25. The highest BCUT2D eigenvalue weighted by atomic mass is 35.5. The molecule has 1 aliphatic rings. The van der Waals surface area contributed by atoms with Gasteiger partial charge in [-0.15, -0.1) is 0 Å². The van der Waals surface area contributed by atoms with Gasteiger partial charge in [0.15, 0.2) is 5.82 Å². The van der Waals surface area contributed by atoms with E-state index in [-0.39, 0.29) is 23.4 Å². The number of fused-ring (bicyclic) bond motifs is 2. The summed E-state index contributed by atoms with van der Waals surface area (Å²) < 4.78 is 30.1. The van der Waals surface area contributed by atoms with Crippen molar-refractivity contribution in [2.24, 2.45) is 5.92 Å². The van der Waals surface area contributed by atoms with Crippen molar-refractivity contribution in [3.05, 3.63) is 47.1 Å². The van der Waals surface area contributed by atoms with E-state index in [1.165, 1.54) is 0 Å². The van der Waals surface area contributed by atoms with Gasteiger partial charge >= 0.3 is 0 Å². The second-order valence-electron chi connectivity index (χ2n) is 7.74. The van der Waals surface area contributed by atoms with Crippen molar-refractivity contribution in [1.29, 1.82) is 0 Å². The second kappa shape index (κ2) is 7.28. The van der Waals surface area contributed by atoms with E-state index >= 15 is 4.39 Å². The van der Waals surface area contributed by atoms with Gasteiger partial charge in [-0.3, -0.25) is 9.89 Å². The van der Waals surface area contributed by atoms with Crippen molar-refractivity contribution in [3.63, 3.8) is 0 Å². The van der Waals surface area contributed by atoms with Gasteiger partial charge in [0.2, 0.25) is 5.91 Å². The first kappa shape index (κ1) is 19.9. The molecule has 0 aliphatic heterocycles. The molecule has 1 unspecified atom stereocenters. The lowest BCUT2D eigenvalue weighted by molar-refractivity contribution is -0.117. The predicted molar refractivity (Wildman–Crippen MR) is 114 cm³/mol. The van der Waals surface area contributed by atoms with Crippen LogP contribution in [0, 0.1) is 11.7 Å². The average Bonchev–Trinajstić information content (AvgIpc) is 3.12. The molecule has 10 heteroatoms. The Bertz CT molecular complexity index is 1330. The van der Waals surface area contributed by atoms with Crippen molar-refractivity contribution in [2.45, 2.75) is 25.6 Å². The van der Waals surface area contributed by atoms with E-state index in [0.717, 1.165) is 0 Å². The number of nitrogens with zero attached hydrogens (tertiary/aromatic N) is 3. The van der Waals surface area contributed by atoms with Crippen LogP contribution in [0.3, 0.4) is 0 Å². The fourth-order valence-electron chi connectivity index (χ4n) is 3.82. The Balaban J connectivity index is 1.58. The molecule has 160 valence electrons. The maximum atomic E-state index is 15.3. The number of hydrogen-bond acceptors (Lipinski definition) is 4. The fraction of sp³-hybridized carbons (Fsp3) is 0.286. The van der Waals surface area contributed by atoms with Gasteiger partial charge in [0, 0.05) is 34.3 Å². The summed E-state index contributed by atoms with van der Waals surface area (Å²) >= 11 is 6.49. The van der Waals surface area contributed by atoms with Gasteiger partial charge in [-0.1, -0.05) is 11.6 Å². The van der Waals surface area contributed by atoms with Crippen LogP contribution >= 0.6 is 11.6 Å². The van der Waals surface area contributed by atoms with Gasteiger partial charge in [0.05, 0.1) is 28.9 Å². The first-order valence-electron chi connectivity index (χ1n) is 9.84. The van der Waals surface area contributed by atoms with Gasteiger partial charge in [-0.25, -0.2) is 13.8 Å². The summed E-state index contributed by atoms with van der Waals surface area (Å²) in [4.78, 5) is 16.3. The molecular weight excluding hydrogens is 426 g/mol. The van der Waals surface area contributed by atoms with Gasteiger partial charge in [0.1, 0.15) is 17.6 Å². The number of pyridine rings is 1. The van der Waals surface area contributed by atoms with Crippen molar-refractivity contribution in [2.75, 3.05) is 12.4 Å². The zero-order valence-corrected chi connectivity index (χ0v) is 17.5. The summed E-state index contributed by atoms with van der Waals surface area (Å²) in [5.41, 5.74) is 2.74. The highest BCUT2D eigenvalue weighted by Crippen LogP contribution is 2.41. The molecule has 1 aromatic carbocycles. The van der Waals surface area contributed by atoms with Crippen LogP contribution in [0.4, 0.5) is 14.6 Å². The molecule has 7 nitrogen and oxygen atoms in total. The van der Waals surface area contributed by atoms with Crippen LogP contribution in [0.15, 0.2) is 30.7 Å². The average molecular weight is 445 g/mol. The molecular formula is C21H19ClF2N6O. The Kier molecular flexibility index (Phi) is 4.67. The van der Waals surface area contributed by atoms with Gasteiger partial charge in [-0.2, -0.15) is 5.10 Å². The van der Waals surface area contributed by atoms with Crippen molar-refractivity contribution >= 4 is 39.9 Å². The SMILES string of the molecule is CNC(C)c1c(F)c(Cl)c(-c2ccc3nc(NC(=O)[C@@H]4C[C@@H]4F)cn3c2)c2cn[nH]c12. The van der Waals surface area contributed by atoms with Crippen LogP contribution in [0.5, 0.6) is 0 Å². The second-order valence-corrected chi connectivity index (χ2v) is 8.12. The molecule has 0 saturated heterocycles. The molecule has 1 amide bonds. The number of anilines is 1. The number of imidazole rings is 1. The highest BCUT2D eigenvalue weighted by Gasteiger charge is 2.43. The number of alkyl halides is 1. The summed E-state index contributed by atoms with van der Waals surface area (Å²) in [7, 11) is 1.74. The lowest BCUT2D eigenvalue weighted by atomic mass is 9.97. The Morgan fingerprint density at radius 2 is 2.16 bits per heavy atom. The quantitative estimate of drug-likeness (QED) is 0.429. The molecule has 3 heterocycles. The maximum Gasteiger partial charge on any atom is 0.231 e. The van der Waals surface area contributed by atoms with Gasteiger partial charge < -0.3 is 15.0 Å². The monoisotopic (exact) mass is 444 g/mol. The van der Waals surface area contributed by atoms with E-state index in [9.17, 15) is 9.18 Å². The molecule has 0 bridgehead atoms. The van der Waals surface area contributed by atoms with Gasteiger partial charge in [0.25, 0.3) is 0 Å². The number of benzene rings is 1. The van der Waals surface area contributed by atoms with Crippen LogP contribution in [0.1, 0.15) is 24.9 Å². The summed E-state index contributed by atoms with van der Waals surface area (Å²) in [5, 5.41) is 13.3. The fourth-order valence-corrected chi connectivity index (χ4v) is 4.14. The summed E-state index contributed by atoms with van der Waals surface area (Å²) in [5.74, 6) is -1.17. The number of nitrogens with one attached hydrogen (secondary N) is 3. The molecule has 4 aromatic rings. The van der Waals surface area contributed by atoms with Gasteiger partial charge in [-0.05, 0) is 32.5 Å². The number of carbonyl (C=O) groups excluding carboxylic acids is 1. The summed E-state index contributed by atoms with van der Waals surface area (Å²) in [6.07, 6.45) is 4.17. The maximum absolute atomic E-state index is 15.3. The minimum absolute atomic E-state index is 0.00159. The Labute approximate surface area is 180 Å². The molecule has 0 radical (unpaired) electrons. The normalized spacial score (nSPS) is 19.1. The molecule has 1 fully saturated rings. The molecule has 1 saturated carbocycles. The topological polar surface area (TPSA) is 87.1 Å². The molecule has 1 aliphatic carbocycles. The van der Waals surface area contributed by atoms with Crippen LogP contribution in [-0.4, -0.2) is 38.7 Å². The Morgan fingerprint density at radius 1 is 1.39 bits per heavy atom. The minimum atomic E-state index is -1.08. The number of amides is 1. The molecule has 3 N–H and O–H groups in total. The first-order chi connectivity index (χ1) is 14.9. The molecule has 5 rings (SSSR count). The third-order valence-corrected chi connectivity index (χ3v) is 6.09. The van der Waals surface area contributed by atoms with Crippen LogP contribution in [-0.2, 0) is 4.79 Å².